The molecule has 162 valence electrons. The molecule has 0 radical (unpaired) electrons. The molecule has 31 heavy (non-hydrogen) atoms. The van der Waals surface area contributed by atoms with E-state index in [-0.39, 0.29) is 23.4 Å². The molecule has 1 unspecified atom stereocenters. The van der Waals surface area contributed by atoms with Gasteiger partial charge < -0.3 is 14.7 Å². The number of aliphatic hydroxyl groups excluding tert-OH is 1. The van der Waals surface area contributed by atoms with Gasteiger partial charge in [0, 0.05) is 38.0 Å². The van der Waals surface area contributed by atoms with E-state index in [9.17, 15) is 29.2 Å². The largest absolute Gasteiger partial charge is 0.507 e. The first-order valence-corrected chi connectivity index (χ1v) is 9.54. The lowest BCUT2D eigenvalue weighted by molar-refractivity contribution is -0.384. The number of ether oxygens (including phenoxy) is 1. The topological polar surface area (TPSA) is 110 Å². The van der Waals surface area contributed by atoms with Gasteiger partial charge in [0.25, 0.3) is 17.4 Å². The maximum Gasteiger partial charge on any atom is 0.295 e. The van der Waals surface area contributed by atoms with Crippen molar-refractivity contribution in [2.75, 3.05) is 20.3 Å². The van der Waals surface area contributed by atoms with Gasteiger partial charge in [0.2, 0.25) is 0 Å². The number of nitrogens with zero attached hydrogens (tertiary/aromatic N) is 2. The molecular weight excluding hydrogens is 407 g/mol. The fraction of sp³-hybridized carbons (Fsp3) is 0.273. The van der Waals surface area contributed by atoms with Crippen LogP contribution in [0.2, 0.25) is 0 Å². The molecule has 8 nitrogen and oxygen atoms in total. The lowest BCUT2D eigenvalue weighted by atomic mass is 9.94. The van der Waals surface area contributed by atoms with E-state index in [0.29, 0.717) is 24.2 Å². The summed E-state index contributed by atoms with van der Waals surface area (Å²) in [6.07, 6.45) is 0.437. The van der Waals surface area contributed by atoms with Gasteiger partial charge in [-0.05, 0) is 42.7 Å². The van der Waals surface area contributed by atoms with Gasteiger partial charge in [-0.25, -0.2) is 4.39 Å². The van der Waals surface area contributed by atoms with Crippen LogP contribution in [0.15, 0.2) is 48.0 Å². The molecule has 0 aromatic heterocycles. The zero-order chi connectivity index (χ0) is 22.7. The Bertz CT molecular complexity index is 1060. The second-order valence-corrected chi connectivity index (χ2v) is 7.15. The summed E-state index contributed by atoms with van der Waals surface area (Å²) < 4.78 is 19.1. The van der Waals surface area contributed by atoms with E-state index >= 15 is 0 Å². The minimum absolute atomic E-state index is 0.0601. The monoisotopic (exact) mass is 428 g/mol. The van der Waals surface area contributed by atoms with Crippen molar-refractivity contribution in [3.8, 4) is 0 Å². The van der Waals surface area contributed by atoms with Crippen molar-refractivity contribution < 1.29 is 28.7 Å². The molecule has 1 atom stereocenters. The van der Waals surface area contributed by atoms with Gasteiger partial charge in [-0.3, -0.25) is 19.7 Å². The third-order valence-corrected chi connectivity index (χ3v) is 5.15. The van der Waals surface area contributed by atoms with Gasteiger partial charge >= 0.3 is 0 Å². The molecule has 2 aromatic rings. The predicted octanol–water partition coefficient (Wildman–Crippen LogP) is 3.50. The van der Waals surface area contributed by atoms with Crippen molar-refractivity contribution in [2.45, 2.75) is 19.4 Å². The van der Waals surface area contributed by atoms with Crippen LogP contribution in [0.25, 0.3) is 5.76 Å². The predicted molar refractivity (Wildman–Crippen MR) is 110 cm³/mol. The summed E-state index contributed by atoms with van der Waals surface area (Å²) >= 11 is 0. The maximum atomic E-state index is 14.0. The molecule has 0 spiro atoms. The molecule has 1 N–H and O–H groups in total. The SMILES string of the molecule is COCCCN1C(=O)C(=O)/C(=C(\O)c2ccc(C)c(F)c2)C1c1ccc([N+](=O)[O-])cc1. The molecule has 3 rings (SSSR count). The number of rotatable bonds is 7. The average molecular weight is 428 g/mol. The van der Waals surface area contributed by atoms with E-state index in [1.165, 1.54) is 48.4 Å². The Labute approximate surface area is 177 Å². The van der Waals surface area contributed by atoms with Crippen LogP contribution >= 0.6 is 0 Å². The number of halogens is 1. The quantitative estimate of drug-likeness (QED) is 0.181. The Hall–Kier alpha value is -3.59. The zero-order valence-electron chi connectivity index (χ0n) is 17.0. The van der Waals surface area contributed by atoms with Crippen LogP contribution in [0, 0.1) is 22.9 Å². The van der Waals surface area contributed by atoms with Gasteiger partial charge in [-0.1, -0.05) is 12.1 Å². The number of nitro benzene ring substituents is 1. The van der Waals surface area contributed by atoms with Gasteiger partial charge in [0.05, 0.1) is 16.5 Å². The highest BCUT2D eigenvalue weighted by molar-refractivity contribution is 6.46. The minimum atomic E-state index is -0.970. The van der Waals surface area contributed by atoms with Crippen molar-refractivity contribution >= 4 is 23.1 Å². The van der Waals surface area contributed by atoms with E-state index < -0.39 is 34.2 Å². The van der Waals surface area contributed by atoms with Crippen LogP contribution in [0.1, 0.15) is 29.2 Å². The number of hydrogen-bond acceptors (Lipinski definition) is 6. The van der Waals surface area contributed by atoms with Gasteiger partial charge in [-0.15, -0.1) is 0 Å². The van der Waals surface area contributed by atoms with E-state index in [2.05, 4.69) is 0 Å². The Balaban J connectivity index is 2.13. The Morgan fingerprint density at radius 1 is 1.23 bits per heavy atom. The fourth-order valence-electron chi connectivity index (χ4n) is 3.51. The molecule has 9 heteroatoms. The van der Waals surface area contributed by atoms with Gasteiger partial charge in [-0.2, -0.15) is 0 Å². The normalized spacial score (nSPS) is 17.9. The first-order chi connectivity index (χ1) is 14.8. The number of carbonyl (C=O) groups excluding carboxylic acids is 2. The maximum absolute atomic E-state index is 14.0. The number of hydrogen-bond donors (Lipinski definition) is 1. The first-order valence-electron chi connectivity index (χ1n) is 9.54. The van der Waals surface area contributed by atoms with Gasteiger partial charge in [0.1, 0.15) is 11.6 Å². The summed E-state index contributed by atoms with van der Waals surface area (Å²) in [5.74, 6) is -2.78. The molecule has 1 amide bonds. The Morgan fingerprint density at radius 3 is 2.48 bits per heavy atom. The molecule has 2 aromatic carbocycles. The lowest BCUT2D eigenvalue weighted by Gasteiger charge is -2.25. The van der Waals surface area contributed by atoms with E-state index in [1.54, 1.807) is 6.92 Å². The highest BCUT2D eigenvalue weighted by Crippen LogP contribution is 2.40. The molecule has 0 saturated carbocycles. The number of aryl methyl sites for hydroxylation is 1. The van der Waals surface area contributed by atoms with Crippen molar-refractivity contribution in [3.63, 3.8) is 0 Å². The summed E-state index contributed by atoms with van der Waals surface area (Å²) in [4.78, 5) is 37.3. The number of carbonyl (C=O) groups is 2. The number of ketones is 1. The molecule has 0 bridgehead atoms. The van der Waals surface area contributed by atoms with Crippen LogP contribution in [0.5, 0.6) is 0 Å². The van der Waals surface area contributed by atoms with E-state index in [0.717, 1.165) is 6.07 Å². The molecular formula is C22H21FN2O6. The standard InChI is InChI=1S/C22H21FN2O6/c1-13-4-5-15(12-17(13)23)20(26)18-19(14-6-8-16(9-7-14)25(29)30)24(10-3-11-31-2)22(28)21(18)27/h4-9,12,19,26H,3,10-11H2,1-2H3/b20-18-. The highest BCUT2D eigenvalue weighted by Gasteiger charge is 2.45. The number of nitro groups is 1. The van der Waals surface area contributed by atoms with Gasteiger partial charge in [0.15, 0.2) is 0 Å². The number of methoxy groups -OCH3 is 1. The summed E-state index contributed by atoms with van der Waals surface area (Å²) in [7, 11) is 1.51. The number of benzene rings is 2. The summed E-state index contributed by atoms with van der Waals surface area (Å²) in [6.45, 7) is 2.07. The van der Waals surface area contributed by atoms with Crippen molar-refractivity contribution in [3.05, 3.63) is 80.7 Å². The summed E-state index contributed by atoms with van der Waals surface area (Å²) in [5.41, 5.74) is 0.491. The summed E-state index contributed by atoms with van der Waals surface area (Å²) in [5, 5.41) is 21.8. The van der Waals surface area contributed by atoms with Crippen LogP contribution in [0.4, 0.5) is 10.1 Å². The second kappa shape index (κ2) is 9.05. The molecule has 1 saturated heterocycles. The Morgan fingerprint density at radius 2 is 1.90 bits per heavy atom. The molecule has 0 aliphatic carbocycles. The van der Waals surface area contributed by atoms with Crippen molar-refractivity contribution in [1.82, 2.24) is 4.90 Å². The molecule has 1 heterocycles. The van der Waals surface area contributed by atoms with Crippen LogP contribution in [-0.4, -0.2) is 46.9 Å². The van der Waals surface area contributed by atoms with Crippen LogP contribution in [0.3, 0.4) is 0 Å². The third kappa shape index (κ3) is 4.31. The average Bonchev–Trinajstić information content (AvgIpc) is 3.00. The van der Waals surface area contributed by atoms with Crippen LogP contribution < -0.4 is 0 Å². The van der Waals surface area contributed by atoms with Crippen molar-refractivity contribution in [1.29, 1.82) is 0 Å². The first kappa shape index (κ1) is 22.1. The molecule has 1 aliphatic rings. The number of likely N-dealkylation sites (tertiary alicyclic amines) is 1. The number of amides is 1. The molecule has 1 aliphatic heterocycles. The molecule has 1 fully saturated rings. The Kier molecular flexibility index (Phi) is 6.45. The highest BCUT2D eigenvalue weighted by atomic mass is 19.1. The number of aliphatic hydroxyl groups is 1. The lowest BCUT2D eigenvalue weighted by Crippen LogP contribution is -2.31. The fourth-order valence-corrected chi connectivity index (χ4v) is 3.51. The smallest absolute Gasteiger partial charge is 0.295 e. The zero-order valence-corrected chi connectivity index (χ0v) is 17.0. The summed E-state index contributed by atoms with van der Waals surface area (Å²) in [6, 6.07) is 8.42. The number of non-ortho nitro benzene ring substituents is 1. The van der Waals surface area contributed by atoms with Crippen LogP contribution in [-0.2, 0) is 14.3 Å². The van der Waals surface area contributed by atoms with Crippen molar-refractivity contribution in [2.24, 2.45) is 0 Å². The van der Waals surface area contributed by atoms with E-state index in [4.69, 9.17) is 4.74 Å². The minimum Gasteiger partial charge on any atom is -0.507 e. The second-order valence-electron chi connectivity index (χ2n) is 7.15. The van der Waals surface area contributed by atoms with E-state index in [1.807, 2.05) is 0 Å². The third-order valence-electron chi connectivity index (χ3n) is 5.15. The number of Topliss-reactive ketones (excluding diaryl/α,β-unsaturated/α-hetero) is 1.